The Labute approximate surface area is 132 Å². The number of hydrogen-bond acceptors (Lipinski definition) is 4. The molecule has 1 heterocycles. The predicted octanol–water partition coefficient (Wildman–Crippen LogP) is 2.24. The molecule has 6 nitrogen and oxygen atoms in total. The minimum Gasteiger partial charge on any atom is -0.225 e. The maximum absolute atomic E-state index is 11.3. The number of aromatic nitrogens is 3. The second-order valence-electron chi connectivity index (χ2n) is 4.58. The summed E-state index contributed by atoms with van der Waals surface area (Å²) in [5.74, 6) is 0. The van der Waals surface area contributed by atoms with Gasteiger partial charge in [-0.15, -0.1) is 5.10 Å². The van der Waals surface area contributed by atoms with Crippen LogP contribution in [0.1, 0.15) is 0 Å². The van der Waals surface area contributed by atoms with Crippen molar-refractivity contribution in [2.75, 3.05) is 0 Å². The number of sulfonamides is 1. The minimum atomic E-state index is -3.72. The molecule has 112 valence electrons. The fourth-order valence-corrected chi connectivity index (χ4v) is 2.66. The van der Waals surface area contributed by atoms with E-state index in [0.717, 1.165) is 11.3 Å². The van der Waals surface area contributed by atoms with Gasteiger partial charge in [-0.05, 0) is 36.4 Å². The molecule has 3 aromatic rings. The van der Waals surface area contributed by atoms with E-state index in [-0.39, 0.29) is 4.90 Å². The number of halogens is 1. The first-order valence-corrected chi connectivity index (χ1v) is 8.17. The molecule has 0 amide bonds. The molecule has 0 fully saturated rings. The van der Waals surface area contributed by atoms with Crippen LogP contribution in [0.25, 0.3) is 16.9 Å². The normalized spacial score (nSPS) is 11.5. The maximum atomic E-state index is 11.3. The first-order chi connectivity index (χ1) is 10.4. The van der Waals surface area contributed by atoms with Gasteiger partial charge in [0.1, 0.15) is 0 Å². The van der Waals surface area contributed by atoms with Gasteiger partial charge in [0.15, 0.2) is 0 Å². The Hall–Kier alpha value is -2.22. The summed E-state index contributed by atoms with van der Waals surface area (Å²) in [6.45, 7) is 0. The number of benzene rings is 2. The van der Waals surface area contributed by atoms with Gasteiger partial charge in [0, 0.05) is 10.6 Å². The van der Waals surface area contributed by atoms with E-state index in [2.05, 4.69) is 10.3 Å². The first-order valence-electron chi connectivity index (χ1n) is 6.25. The Balaban J connectivity index is 2.03. The average Bonchev–Trinajstić information content (AvgIpc) is 2.97. The largest absolute Gasteiger partial charge is 0.238 e. The number of nitrogens with two attached hydrogens (primary N) is 1. The SMILES string of the molecule is NS(=O)(=O)c1ccc(-n2nncc2-c2ccc(Cl)cc2)cc1. The van der Waals surface area contributed by atoms with E-state index < -0.39 is 10.0 Å². The van der Waals surface area contributed by atoms with Crippen LogP contribution in [0, 0.1) is 0 Å². The standard InChI is InChI=1S/C14H11ClN4O2S/c15-11-3-1-10(2-4-11)14-9-17-18-19(14)12-5-7-13(8-6-12)22(16,20)21/h1-9H,(H2,16,20,21). The Morgan fingerprint density at radius 1 is 1.00 bits per heavy atom. The minimum absolute atomic E-state index is 0.0457. The second kappa shape index (κ2) is 5.53. The third kappa shape index (κ3) is 2.87. The fourth-order valence-electron chi connectivity index (χ4n) is 2.02. The lowest BCUT2D eigenvalue weighted by Gasteiger charge is -2.07. The molecule has 0 unspecified atom stereocenters. The third-order valence-corrected chi connectivity index (χ3v) is 4.28. The highest BCUT2D eigenvalue weighted by Gasteiger charge is 2.11. The molecule has 0 aliphatic rings. The number of hydrogen-bond donors (Lipinski definition) is 1. The molecule has 2 aromatic carbocycles. The second-order valence-corrected chi connectivity index (χ2v) is 6.57. The molecule has 0 aliphatic carbocycles. The zero-order valence-electron chi connectivity index (χ0n) is 11.2. The molecule has 0 radical (unpaired) electrons. The highest BCUT2D eigenvalue weighted by Crippen LogP contribution is 2.23. The van der Waals surface area contributed by atoms with Crippen molar-refractivity contribution in [2.24, 2.45) is 5.14 Å². The highest BCUT2D eigenvalue weighted by molar-refractivity contribution is 7.89. The molecule has 0 bridgehead atoms. The van der Waals surface area contributed by atoms with Crippen LogP contribution in [0.5, 0.6) is 0 Å². The van der Waals surface area contributed by atoms with Gasteiger partial charge >= 0.3 is 0 Å². The van der Waals surface area contributed by atoms with Crippen molar-refractivity contribution in [1.82, 2.24) is 15.0 Å². The van der Waals surface area contributed by atoms with Crippen molar-refractivity contribution >= 4 is 21.6 Å². The lowest BCUT2D eigenvalue weighted by molar-refractivity contribution is 0.598. The van der Waals surface area contributed by atoms with Crippen LogP contribution >= 0.6 is 11.6 Å². The van der Waals surface area contributed by atoms with Crippen LogP contribution in [0.15, 0.2) is 59.6 Å². The highest BCUT2D eigenvalue weighted by atomic mass is 35.5. The quantitative estimate of drug-likeness (QED) is 0.795. The summed E-state index contributed by atoms with van der Waals surface area (Å²) in [7, 11) is -3.72. The van der Waals surface area contributed by atoms with E-state index in [9.17, 15) is 8.42 Å². The van der Waals surface area contributed by atoms with Crippen molar-refractivity contribution in [3.8, 4) is 16.9 Å². The van der Waals surface area contributed by atoms with Gasteiger partial charge in [0.05, 0.1) is 22.5 Å². The molecule has 8 heteroatoms. The molecule has 22 heavy (non-hydrogen) atoms. The van der Waals surface area contributed by atoms with Crippen LogP contribution in [-0.2, 0) is 10.0 Å². The lowest BCUT2D eigenvalue weighted by Crippen LogP contribution is -2.12. The van der Waals surface area contributed by atoms with E-state index in [4.69, 9.17) is 16.7 Å². The van der Waals surface area contributed by atoms with E-state index in [1.165, 1.54) is 12.1 Å². The van der Waals surface area contributed by atoms with Crippen molar-refractivity contribution in [1.29, 1.82) is 0 Å². The summed E-state index contributed by atoms with van der Waals surface area (Å²) in [6.07, 6.45) is 1.62. The Bertz CT molecular complexity index is 903. The number of nitrogens with zero attached hydrogens (tertiary/aromatic N) is 3. The lowest BCUT2D eigenvalue weighted by atomic mass is 10.1. The molecule has 0 atom stereocenters. The van der Waals surface area contributed by atoms with Gasteiger partial charge in [-0.25, -0.2) is 18.2 Å². The average molecular weight is 335 g/mol. The summed E-state index contributed by atoms with van der Waals surface area (Å²) in [5, 5.41) is 13.7. The molecule has 3 rings (SSSR count). The summed E-state index contributed by atoms with van der Waals surface area (Å²) in [5.41, 5.74) is 2.33. The zero-order valence-corrected chi connectivity index (χ0v) is 12.8. The summed E-state index contributed by atoms with van der Waals surface area (Å²) in [6, 6.07) is 13.4. The van der Waals surface area contributed by atoms with Crippen LogP contribution in [0.3, 0.4) is 0 Å². The van der Waals surface area contributed by atoms with Gasteiger partial charge in [-0.1, -0.05) is 28.9 Å². The van der Waals surface area contributed by atoms with E-state index in [1.54, 1.807) is 35.1 Å². The zero-order chi connectivity index (χ0) is 15.7. The summed E-state index contributed by atoms with van der Waals surface area (Å²) >= 11 is 5.88. The number of primary sulfonamides is 1. The first kappa shape index (κ1) is 14.7. The molecule has 2 N–H and O–H groups in total. The maximum Gasteiger partial charge on any atom is 0.238 e. The molecule has 0 saturated heterocycles. The molecule has 0 saturated carbocycles. The Morgan fingerprint density at radius 2 is 1.64 bits per heavy atom. The van der Waals surface area contributed by atoms with Gasteiger partial charge in [-0.3, -0.25) is 0 Å². The van der Waals surface area contributed by atoms with Gasteiger partial charge < -0.3 is 0 Å². The Morgan fingerprint density at radius 3 is 2.23 bits per heavy atom. The molecule has 0 spiro atoms. The topological polar surface area (TPSA) is 90.9 Å². The van der Waals surface area contributed by atoms with Crippen molar-refractivity contribution in [3.63, 3.8) is 0 Å². The third-order valence-electron chi connectivity index (χ3n) is 3.10. The van der Waals surface area contributed by atoms with Crippen LogP contribution in [0.4, 0.5) is 0 Å². The van der Waals surface area contributed by atoms with Crippen molar-refractivity contribution in [2.45, 2.75) is 4.90 Å². The van der Waals surface area contributed by atoms with E-state index >= 15 is 0 Å². The molecular weight excluding hydrogens is 324 g/mol. The van der Waals surface area contributed by atoms with Crippen molar-refractivity contribution in [3.05, 3.63) is 59.8 Å². The monoisotopic (exact) mass is 334 g/mol. The molecule has 1 aromatic heterocycles. The smallest absolute Gasteiger partial charge is 0.225 e. The van der Waals surface area contributed by atoms with Crippen LogP contribution < -0.4 is 5.14 Å². The molecular formula is C14H11ClN4O2S. The van der Waals surface area contributed by atoms with Crippen LogP contribution in [-0.4, -0.2) is 23.4 Å². The summed E-state index contributed by atoms with van der Waals surface area (Å²) < 4.78 is 24.2. The van der Waals surface area contributed by atoms with Gasteiger partial charge in [0.25, 0.3) is 0 Å². The fraction of sp³-hybridized carbons (Fsp3) is 0. The predicted molar refractivity (Wildman–Crippen MR) is 83.2 cm³/mol. The summed E-state index contributed by atoms with van der Waals surface area (Å²) in [4.78, 5) is 0.0457. The molecule has 0 aliphatic heterocycles. The van der Waals surface area contributed by atoms with Gasteiger partial charge in [-0.2, -0.15) is 0 Å². The van der Waals surface area contributed by atoms with E-state index in [1.807, 2.05) is 12.1 Å². The number of rotatable bonds is 3. The van der Waals surface area contributed by atoms with Crippen LogP contribution in [0.2, 0.25) is 5.02 Å². The van der Waals surface area contributed by atoms with E-state index in [0.29, 0.717) is 10.7 Å². The van der Waals surface area contributed by atoms with Crippen molar-refractivity contribution < 1.29 is 8.42 Å². The van der Waals surface area contributed by atoms with Gasteiger partial charge in [0.2, 0.25) is 10.0 Å². The Kier molecular flexibility index (Phi) is 3.69.